The van der Waals surface area contributed by atoms with Crippen LogP contribution in [0.25, 0.3) is 0 Å². The third-order valence-electron chi connectivity index (χ3n) is 5.60. The second-order valence-electron chi connectivity index (χ2n) is 7.57. The summed E-state index contributed by atoms with van der Waals surface area (Å²) in [6.45, 7) is 3.33. The Morgan fingerprint density at radius 2 is 1.66 bits per heavy atom. The summed E-state index contributed by atoms with van der Waals surface area (Å²) in [7, 11) is 1.66. The zero-order valence-corrected chi connectivity index (χ0v) is 18.5. The number of aliphatic imine (C=N–C) groups is 1. The smallest absolute Gasteiger partial charge is 0.154 e. The first-order valence-electron chi connectivity index (χ1n) is 10.5. The number of halogens is 1. The van der Waals surface area contributed by atoms with E-state index in [4.69, 9.17) is 31.2 Å². The molecule has 0 saturated carbocycles. The number of methoxy groups -OCH3 is 1. The molecule has 5 rings (SSSR count). The maximum absolute atomic E-state index is 6.06. The molecule has 0 spiro atoms. The highest BCUT2D eigenvalue weighted by Crippen LogP contribution is 2.30. The maximum Gasteiger partial charge on any atom is 0.154 e. The first kappa shape index (κ1) is 20.5. The number of amidine groups is 1. The molecule has 3 aromatic rings. The quantitative estimate of drug-likeness (QED) is 0.635. The molecule has 0 unspecified atom stereocenters. The van der Waals surface area contributed by atoms with E-state index in [2.05, 4.69) is 34.6 Å². The van der Waals surface area contributed by atoms with Crippen LogP contribution in [0.3, 0.4) is 0 Å². The average Bonchev–Trinajstić information content (AvgIpc) is 3.04. The predicted octanol–water partition coefficient (Wildman–Crippen LogP) is 4.62. The third kappa shape index (κ3) is 4.20. The molecule has 162 valence electrons. The lowest BCUT2D eigenvalue weighted by Gasteiger charge is -2.29. The summed E-state index contributed by atoms with van der Waals surface area (Å²) < 4.78 is 10.9. The number of morpholine rings is 1. The fourth-order valence-electron chi connectivity index (χ4n) is 3.85. The van der Waals surface area contributed by atoms with Crippen molar-refractivity contribution < 1.29 is 9.47 Å². The molecular formula is C25H23ClN4O2. The fraction of sp³-hybridized carbons (Fsp3) is 0.200. The Morgan fingerprint density at radius 3 is 2.38 bits per heavy atom. The molecule has 0 aromatic heterocycles. The van der Waals surface area contributed by atoms with Crippen molar-refractivity contribution in [2.75, 3.05) is 38.3 Å². The highest BCUT2D eigenvalue weighted by Gasteiger charge is 2.19. The van der Waals surface area contributed by atoms with Gasteiger partial charge in [0, 0.05) is 40.5 Å². The van der Waals surface area contributed by atoms with E-state index < -0.39 is 0 Å². The molecule has 32 heavy (non-hydrogen) atoms. The first-order chi connectivity index (χ1) is 15.7. The Balaban J connectivity index is 1.53. The van der Waals surface area contributed by atoms with Crippen LogP contribution in [-0.4, -0.2) is 45.0 Å². The Bertz CT molecular complexity index is 1170. The summed E-state index contributed by atoms with van der Waals surface area (Å²) >= 11 is 6.06. The van der Waals surface area contributed by atoms with Crippen molar-refractivity contribution in [2.45, 2.75) is 0 Å². The van der Waals surface area contributed by atoms with Crippen LogP contribution in [0.2, 0.25) is 5.02 Å². The summed E-state index contributed by atoms with van der Waals surface area (Å²) in [4.78, 5) is 7.18. The van der Waals surface area contributed by atoms with Gasteiger partial charge in [0.25, 0.3) is 0 Å². The molecule has 0 aliphatic carbocycles. The molecule has 2 aliphatic heterocycles. The van der Waals surface area contributed by atoms with Crippen LogP contribution >= 0.6 is 11.6 Å². The molecule has 1 N–H and O–H groups in total. The molecule has 3 aromatic carbocycles. The molecule has 2 aliphatic rings. The van der Waals surface area contributed by atoms with Gasteiger partial charge in [0.05, 0.1) is 26.0 Å². The lowest BCUT2D eigenvalue weighted by atomic mass is 10.00. The topological polar surface area (TPSA) is 58.5 Å². The van der Waals surface area contributed by atoms with E-state index in [9.17, 15) is 0 Å². The number of hydrogen-bond donors (Lipinski definition) is 1. The van der Waals surface area contributed by atoms with Crippen molar-refractivity contribution >= 4 is 34.5 Å². The van der Waals surface area contributed by atoms with E-state index >= 15 is 0 Å². The van der Waals surface area contributed by atoms with Gasteiger partial charge in [0.15, 0.2) is 5.84 Å². The number of benzene rings is 3. The maximum atomic E-state index is 6.06. The fourth-order valence-corrected chi connectivity index (χ4v) is 3.98. The van der Waals surface area contributed by atoms with Gasteiger partial charge in [-0.3, -0.25) is 5.43 Å². The summed E-state index contributed by atoms with van der Waals surface area (Å²) in [6, 6.07) is 21.8. The van der Waals surface area contributed by atoms with Crippen LogP contribution < -0.4 is 15.1 Å². The Hall–Kier alpha value is -3.35. The van der Waals surface area contributed by atoms with Crippen molar-refractivity contribution in [3.63, 3.8) is 0 Å². The summed E-state index contributed by atoms with van der Waals surface area (Å²) in [5, 5.41) is 5.42. The molecular weight excluding hydrogens is 424 g/mol. The standard InChI is InChI=1S/C25H23ClN4O2/c1-31-21-10-11-23-22(16-21)24(28-29-25(27-23)18-2-6-19(26)7-3-18)17-4-8-20(9-5-17)30-12-14-32-15-13-30/h2-11,16H,12-15H2,1H3,(H,27,29). The van der Waals surface area contributed by atoms with Crippen LogP contribution in [0.15, 0.2) is 76.8 Å². The number of hydrogen-bond acceptors (Lipinski definition) is 6. The van der Waals surface area contributed by atoms with E-state index in [1.807, 2.05) is 42.5 Å². The van der Waals surface area contributed by atoms with E-state index in [0.717, 1.165) is 60.1 Å². The van der Waals surface area contributed by atoms with E-state index in [-0.39, 0.29) is 0 Å². The Labute approximate surface area is 192 Å². The van der Waals surface area contributed by atoms with Gasteiger partial charge in [-0.1, -0.05) is 23.7 Å². The molecule has 0 radical (unpaired) electrons. The van der Waals surface area contributed by atoms with Gasteiger partial charge >= 0.3 is 0 Å². The lowest BCUT2D eigenvalue weighted by Crippen LogP contribution is -2.36. The summed E-state index contributed by atoms with van der Waals surface area (Å²) in [6.07, 6.45) is 0. The SMILES string of the molecule is COc1ccc2c(c1)C(c1ccc(N3CCOCC3)cc1)=NNC(c1ccc(Cl)cc1)=N2. The van der Waals surface area contributed by atoms with Crippen molar-refractivity contribution in [1.82, 2.24) is 5.43 Å². The molecule has 1 saturated heterocycles. The monoisotopic (exact) mass is 446 g/mol. The Morgan fingerprint density at radius 1 is 0.938 bits per heavy atom. The second kappa shape index (κ2) is 9.02. The number of fused-ring (bicyclic) bond motifs is 1. The highest BCUT2D eigenvalue weighted by molar-refractivity contribution is 6.30. The molecule has 7 heteroatoms. The van der Waals surface area contributed by atoms with E-state index in [0.29, 0.717) is 10.9 Å². The van der Waals surface area contributed by atoms with Gasteiger partial charge in [-0.25, -0.2) is 4.99 Å². The molecule has 6 nitrogen and oxygen atoms in total. The van der Waals surface area contributed by atoms with Gasteiger partial charge in [0.2, 0.25) is 0 Å². The van der Waals surface area contributed by atoms with Gasteiger partial charge in [0.1, 0.15) is 11.5 Å². The number of ether oxygens (including phenoxy) is 2. The molecule has 0 amide bonds. The minimum Gasteiger partial charge on any atom is -0.497 e. The highest BCUT2D eigenvalue weighted by atomic mass is 35.5. The van der Waals surface area contributed by atoms with E-state index in [1.165, 1.54) is 5.69 Å². The van der Waals surface area contributed by atoms with Crippen LogP contribution in [0, 0.1) is 0 Å². The number of hydrazone groups is 1. The van der Waals surface area contributed by atoms with Gasteiger partial charge < -0.3 is 14.4 Å². The zero-order chi connectivity index (χ0) is 21.9. The van der Waals surface area contributed by atoms with Gasteiger partial charge in [-0.15, -0.1) is 0 Å². The number of nitrogens with one attached hydrogen (secondary N) is 1. The predicted molar refractivity (Wildman–Crippen MR) is 129 cm³/mol. The van der Waals surface area contributed by atoms with Crippen molar-refractivity contribution in [3.05, 3.63) is 88.4 Å². The normalized spacial score (nSPS) is 15.8. The largest absolute Gasteiger partial charge is 0.497 e. The zero-order valence-electron chi connectivity index (χ0n) is 17.7. The van der Waals surface area contributed by atoms with E-state index in [1.54, 1.807) is 7.11 Å². The number of anilines is 1. The molecule has 2 heterocycles. The second-order valence-corrected chi connectivity index (χ2v) is 8.01. The van der Waals surface area contributed by atoms with Gasteiger partial charge in [-0.05, 0) is 54.6 Å². The number of nitrogens with zero attached hydrogens (tertiary/aromatic N) is 3. The minimum atomic E-state index is 0.660. The first-order valence-corrected chi connectivity index (χ1v) is 10.9. The van der Waals surface area contributed by atoms with Gasteiger partial charge in [-0.2, -0.15) is 5.10 Å². The lowest BCUT2D eigenvalue weighted by molar-refractivity contribution is 0.122. The van der Waals surface area contributed by atoms with Crippen molar-refractivity contribution in [3.8, 4) is 5.75 Å². The molecule has 1 fully saturated rings. The summed E-state index contributed by atoms with van der Waals surface area (Å²) in [5.74, 6) is 1.42. The Kier molecular flexibility index (Phi) is 5.79. The van der Waals surface area contributed by atoms with Crippen LogP contribution in [-0.2, 0) is 4.74 Å². The molecule has 0 bridgehead atoms. The van der Waals surface area contributed by atoms with Crippen LogP contribution in [0.1, 0.15) is 16.7 Å². The third-order valence-corrected chi connectivity index (χ3v) is 5.85. The van der Waals surface area contributed by atoms with Crippen molar-refractivity contribution in [2.24, 2.45) is 10.1 Å². The van der Waals surface area contributed by atoms with Crippen LogP contribution in [0.4, 0.5) is 11.4 Å². The van der Waals surface area contributed by atoms with Crippen molar-refractivity contribution in [1.29, 1.82) is 0 Å². The average molecular weight is 447 g/mol. The van der Waals surface area contributed by atoms with Crippen LogP contribution in [0.5, 0.6) is 5.75 Å². The summed E-state index contributed by atoms with van der Waals surface area (Å²) in [5.41, 5.74) is 8.77. The minimum absolute atomic E-state index is 0.660. The number of rotatable bonds is 4. The molecule has 0 atom stereocenters.